The number of fused-ring (bicyclic) bond motifs is 4. The summed E-state index contributed by atoms with van der Waals surface area (Å²) in [5.41, 5.74) is 3.73. The molecule has 1 heterocycles. The Balaban J connectivity index is 2.15. The minimum Gasteiger partial charge on any atom is -0.506 e. The van der Waals surface area contributed by atoms with E-state index in [0.717, 1.165) is 24.0 Å². The molecule has 2 aliphatic rings. The van der Waals surface area contributed by atoms with Crippen LogP contribution in [0.2, 0.25) is 0 Å². The van der Waals surface area contributed by atoms with E-state index in [1.54, 1.807) is 19.1 Å². The zero-order valence-corrected chi connectivity index (χ0v) is 14.3. The molecule has 1 aromatic carbocycles. The van der Waals surface area contributed by atoms with Crippen LogP contribution >= 0.6 is 0 Å². The average molecular weight is 324 g/mol. The van der Waals surface area contributed by atoms with Crippen molar-refractivity contribution in [3.8, 4) is 11.5 Å². The molecule has 4 nitrogen and oxygen atoms in total. The van der Waals surface area contributed by atoms with Crippen LogP contribution in [0, 0.1) is 6.92 Å². The van der Waals surface area contributed by atoms with Crippen LogP contribution < -0.4 is 0 Å². The van der Waals surface area contributed by atoms with E-state index >= 15 is 0 Å². The molecule has 0 saturated heterocycles. The number of benzene rings is 1. The zero-order chi connectivity index (χ0) is 17.4. The molecule has 24 heavy (non-hydrogen) atoms. The second kappa shape index (κ2) is 4.53. The lowest BCUT2D eigenvalue weighted by atomic mass is 9.61. The smallest absolute Gasteiger partial charge is 0.190 e. The lowest BCUT2D eigenvalue weighted by molar-refractivity contribution is 0.103. The van der Waals surface area contributed by atoms with Gasteiger partial charge >= 0.3 is 0 Å². The first-order chi connectivity index (χ1) is 11.3. The van der Waals surface area contributed by atoms with Gasteiger partial charge in [0.15, 0.2) is 17.1 Å². The summed E-state index contributed by atoms with van der Waals surface area (Å²) in [5.74, 6) is 0.194. The van der Waals surface area contributed by atoms with Crippen LogP contribution in [0.3, 0.4) is 0 Å². The largest absolute Gasteiger partial charge is 0.506 e. The van der Waals surface area contributed by atoms with Crippen molar-refractivity contribution in [3.05, 3.63) is 45.7 Å². The predicted octanol–water partition coefficient (Wildman–Crippen LogP) is 4.66. The molecule has 0 fully saturated rings. The minimum absolute atomic E-state index is 0.0281. The average Bonchev–Trinajstić information content (AvgIpc) is 2.92. The molecule has 4 heteroatoms. The summed E-state index contributed by atoms with van der Waals surface area (Å²) in [6.45, 7) is 7.87. The number of furan rings is 1. The zero-order valence-electron chi connectivity index (χ0n) is 14.3. The second-order valence-electron chi connectivity index (χ2n) is 7.21. The molecule has 4 rings (SSSR count). The van der Waals surface area contributed by atoms with E-state index in [-0.39, 0.29) is 28.4 Å². The summed E-state index contributed by atoms with van der Waals surface area (Å²) in [5, 5.41) is 22.0. The Labute approximate surface area is 140 Å². The van der Waals surface area contributed by atoms with Gasteiger partial charge in [-0.1, -0.05) is 12.5 Å². The van der Waals surface area contributed by atoms with Gasteiger partial charge in [-0.3, -0.25) is 4.79 Å². The fourth-order valence-electron chi connectivity index (χ4n) is 4.26. The van der Waals surface area contributed by atoms with Gasteiger partial charge in [0.25, 0.3) is 0 Å². The first-order valence-corrected chi connectivity index (χ1v) is 8.17. The summed E-state index contributed by atoms with van der Waals surface area (Å²) in [4.78, 5) is 12.8. The van der Waals surface area contributed by atoms with Crippen molar-refractivity contribution in [2.24, 2.45) is 0 Å². The first-order valence-electron chi connectivity index (χ1n) is 8.17. The quantitative estimate of drug-likeness (QED) is 0.691. The standard InChI is InChI=1S/C20H20O4/c1-9-5-6-20(4)13(11(9)3)8-14(21)15-16(20)18(23)19-12(17(15)22)7-10(2)24-19/h7-8,22-23H,5-6H2,1-4H3/t20-/m0/s1. The van der Waals surface area contributed by atoms with Crippen LogP contribution in [-0.4, -0.2) is 16.0 Å². The number of aryl methyl sites for hydroxylation is 1. The summed E-state index contributed by atoms with van der Waals surface area (Å²) in [6, 6.07) is 1.65. The van der Waals surface area contributed by atoms with Crippen molar-refractivity contribution in [2.45, 2.75) is 46.0 Å². The van der Waals surface area contributed by atoms with Gasteiger partial charge in [0.2, 0.25) is 0 Å². The maximum atomic E-state index is 12.8. The number of phenols is 2. The molecular formula is C20H20O4. The van der Waals surface area contributed by atoms with E-state index in [1.165, 1.54) is 5.57 Å². The van der Waals surface area contributed by atoms with Crippen LogP contribution in [0.4, 0.5) is 0 Å². The number of carbonyl (C=O) groups is 1. The number of carbonyl (C=O) groups excluding carboxylic acids is 1. The molecule has 2 N–H and O–H groups in total. The number of phenolic OH excluding ortho intramolecular Hbond substituents is 2. The maximum absolute atomic E-state index is 12.8. The van der Waals surface area contributed by atoms with Gasteiger partial charge in [-0.15, -0.1) is 0 Å². The van der Waals surface area contributed by atoms with E-state index < -0.39 is 5.41 Å². The summed E-state index contributed by atoms with van der Waals surface area (Å²) in [6.07, 6.45) is 3.29. The van der Waals surface area contributed by atoms with E-state index in [0.29, 0.717) is 16.7 Å². The number of allylic oxidation sites excluding steroid dienone is 4. The molecule has 0 bridgehead atoms. The van der Waals surface area contributed by atoms with Crippen molar-refractivity contribution < 1.29 is 19.4 Å². The number of hydrogen-bond acceptors (Lipinski definition) is 4. The second-order valence-corrected chi connectivity index (χ2v) is 7.21. The third-order valence-electron chi connectivity index (χ3n) is 5.76. The Morgan fingerprint density at radius 3 is 2.58 bits per heavy atom. The van der Waals surface area contributed by atoms with Crippen molar-refractivity contribution in [1.82, 2.24) is 0 Å². The number of hydrogen-bond donors (Lipinski definition) is 2. The molecule has 2 aliphatic carbocycles. The fourth-order valence-corrected chi connectivity index (χ4v) is 4.26. The molecule has 1 atom stereocenters. The fraction of sp³-hybridized carbons (Fsp3) is 0.350. The third kappa shape index (κ3) is 1.66. The third-order valence-corrected chi connectivity index (χ3v) is 5.76. The molecule has 0 spiro atoms. The van der Waals surface area contributed by atoms with Crippen LogP contribution in [0.1, 0.15) is 55.3 Å². The van der Waals surface area contributed by atoms with E-state index in [2.05, 4.69) is 6.92 Å². The lowest BCUT2D eigenvalue weighted by Gasteiger charge is -2.41. The highest BCUT2D eigenvalue weighted by molar-refractivity contribution is 6.15. The van der Waals surface area contributed by atoms with Gasteiger partial charge in [0.05, 0.1) is 10.9 Å². The van der Waals surface area contributed by atoms with E-state index in [9.17, 15) is 15.0 Å². The molecule has 0 aliphatic heterocycles. The maximum Gasteiger partial charge on any atom is 0.190 e. The van der Waals surface area contributed by atoms with Gasteiger partial charge in [-0.25, -0.2) is 0 Å². The molecule has 1 aromatic heterocycles. The predicted molar refractivity (Wildman–Crippen MR) is 91.7 cm³/mol. The summed E-state index contributed by atoms with van der Waals surface area (Å²) >= 11 is 0. The molecule has 0 unspecified atom stereocenters. The topological polar surface area (TPSA) is 70.7 Å². The minimum atomic E-state index is -0.511. The van der Waals surface area contributed by atoms with Gasteiger partial charge < -0.3 is 14.6 Å². The van der Waals surface area contributed by atoms with Crippen LogP contribution in [0.15, 0.2) is 33.3 Å². The monoisotopic (exact) mass is 324 g/mol. The highest BCUT2D eigenvalue weighted by atomic mass is 16.4. The SMILES string of the molecule is CC1=C(C)C2=CC(=O)c3c(c(O)c4oc(C)cc4c3O)[C@@]2(C)CC1. The van der Waals surface area contributed by atoms with E-state index in [1.807, 2.05) is 13.8 Å². The molecule has 0 amide bonds. The van der Waals surface area contributed by atoms with Crippen LogP contribution in [0.25, 0.3) is 11.0 Å². The molecule has 124 valence electrons. The first kappa shape index (κ1) is 15.1. The Morgan fingerprint density at radius 2 is 1.88 bits per heavy atom. The summed E-state index contributed by atoms with van der Waals surface area (Å²) < 4.78 is 5.60. The molecule has 0 radical (unpaired) electrons. The molecule has 2 aromatic rings. The highest BCUT2D eigenvalue weighted by Crippen LogP contribution is 2.55. The number of ketones is 1. The Kier molecular flexibility index (Phi) is 2.84. The van der Waals surface area contributed by atoms with Gasteiger partial charge in [0, 0.05) is 11.0 Å². The van der Waals surface area contributed by atoms with Crippen LogP contribution in [-0.2, 0) is 5.41 Å². The molecule has 0 saturated carbocycles. The summed E-state index contributed by atoms with van der Waals surface area (Å²) in [7, 11) is 0. The van der Waals surface area contributed by atoms with E-state index in [4.69, 9.17) is 4.42 Å². The van der Waals surface area contributed by atoms with Crippen molar-refractivity contribution in [2.75, 3.05) is 0 Å². The lowest BCUT2D eigenvalue weighted by Crippen LogP contribution is -2.34. The van der Waals surface area contributed by atoms with Crippen molar-refractivity contribution in [1.29, 1.82) is 0 Å². The Hall–Kier alpha value is -2.49. The normalized spacial score (nSPS) is 23.3. The molecular weight excluding hydrogens is 304 g/mol. The van der Waals surface area contributed by atoms with Gasteiger partial charge in [-0.2, -0.15) is 0 Å². The van der Waals surface area contributed by atoms with Crippen LogP contribution in [0.5, 0.6) is 11.5 Å². The van der Waals surface area contributed by atoms with Crippen molar-refractivity contribution in [3.63, 3.8) is 0 Å². The van der Waals surface area contributed by atoms with Crippen molar-refractivity contribution >= 4 is 16.8 Å². The van der Waals surface area contributed by atoms with Gasteiger partial charge in [0.1, 0.15) is 11.5 Å². The Morgan fingerprint density at radius 1 is 1.17 bits per heavy atom. The highest BCUT2D eigenvalue weighted by Gasteiger charge is 2.45. The van der Waals surface area contributed by atoms with Gasteiger partial charge in [-0.05, 0) is 56.9 Å². The Bertz CT molecular complexity index is 987. The number of aromatic hydroxyl groups is 2. The number of rotatable bonds is 0.